The van der Waals surface area contributed by atoms with Crippen molar-refractivity contribution in [1.29, 1.82) is 0 Å². The Morgan fingerprint density at radius 2 is 2.23 bits per heavy atom. The van der Waals surface area contributed by atoms with Gasteiger partial charge in [-0.25, -0.2) is 0 Å². The van der Waals surface area contributed by atoms with Crippen LogP contribution in [0.2, 0.25) is 0 Å². The monoisotopic (exact) mass is 298 g/mol. The van der Waals surface area contributed by atoms with Crippen LogP contribution in [0.4, 0.5) is 0 Å². The molecule has 1 N–H and O–H groups in total. The van der Waals surface area contributed by atoms with Crippen molar-refractivity contribution in [3.63, 3.8) is 0 Å². The number of pyridine rings is 1. The predicted molar refractivity (Wildman–Crippen MR) is 82.0 cm³/mol. The fourth-order valence-corrected chi connectivity index (χ4v) is 2.33. The number of ether oxygens (including phenoxy) is 2. The maximum atomic E-state index is 11.8. The Morgan fingerprint density at radius 3 is 3.00 bits per heavy atom. The Hall–Kier alpha value is -2.56. The molecular weight excluding hydrogens is 280 g/mol. The first kappa shape index (κ1) is 14.4. The summed E-state index contributed by atoms with van der Waals surface area (Å²) >= 11 is 0. The average molecular weight is 298 g/mol. The van der Waals surface area contributed by atoms with E-state index < -0.39 is 0 Å². The van der Waals surface area contributed by atoms with Gasteiger partial charge in [0.05, 0.1) is 12.7 Å². The number of carbonyl (C=O) groups excluding carboxylic acids is 1. The largest absolute Gasteiger partial charge is 0.488 e. The maximum Gasteiger partial charge on any atom is 0.258 e. The van der Waals surface area contributed by atoms with Crippen LogP contribution in [0.25, 0.3) is 0 Å². The molecule has 1 aliphatic heterocycles. The molecule has 1 aromatic carbocycles. The highest BCUT2D eigenvalue weighted by Crippen LogP contribution is 2.27. The van der Waals surface area contributed by atoms with Gasteiger partial charge in [0.25, 0.3) is 5.91 Å². The van der Waals surface area contributed by atoms with Crippen LogP contribution in [0.15, 0.2) is 42.6 Å². The van der Waals surface area contributed by atoms with Crippen LogP contribution in [0, 0.1) is 6.92 Å². The number of amides is 1. The molecule has 2 aromatic rings. The maximum absolute atomic E-state index is 11.8. The molecule has 1 aromatic heterocycles. The van der Waals surface area contributed by atoms with Crippen molar-refractivity contribution < 1.29 is 14.3 Å². The number of hydrogen-bond acceptors (Lipinski definition) is 4. The molecule has 0 saturated carbocycles. The second-order valence-electron chi connectivity index (χ2n) is 5.28. The number of aromatic nitrogens is 1. The molecule has 0 spiro atoms. The minimum Gasteiger partial charge on any atom is -0.488 e. The smallest absolute Gasteiger partial charge is 0.258 e. The number of carbonyl (C=O) groups is 1. The Kier molecular flexibility index (Phi) is 4.23. The van der Waals surface area contributed by atoms with Crippen molar-refractivity contribution in [3.05, 3.63) is 53.9 Å². The number of nitrogens with zero attached hydrogens (tertiary/aromatic N) is 1. The number of para-hydroxylation sites is 1. The summed E-state index contributed by atoms with van der Waals surface area (Å²) in [6, 6.07) is 11.6. The quantitative estimate of drug-likeness (QED) is 0.915. The van der Waals surface area contributed by atoms with Crippen LogP contribution in [0.3, 0.4) is 0 Å². The lowest BCUT2D eigenvalue weighted by molar-refractivity contribution is -0.123. The van der Waals surface area contributed by atoms with Gasteiger partial charge in [-0.2, -0.15) is 0 Å². The number of aryl methyl sites for hydroxylation is 1. The van der Waals surface area contributed by atoms with Crippen molar-refractivity contribution in [1.82, 2.24) is 10.3 Å². The van der Waals surface area contributed by atoms with E-state index in [0.717, 1.165) is 17.9 Å². The third-order valence-electron chi connectivity index (χ3n) is 3.49. The van der Waals surface area contributed by atoms with Gasteiger partial charge >= 0.3 is 0 Å². The Labute approximate surface area is 129 Å². The van der Waals surface area contributed by atoms with Crippen LogP contribution < -0.4 is 14.8 Å². The van der Waals surface area contributed by atoms with Crippen LogP contribution in [0.5, 0.6) is 11.5 Å². The highest BCUT2D eigenvalue weighted by Gasteiger charge is 2.22. The Balaban J connectivity index is 1.41. The van der Waals surface area contributed by atoms with E-state index in [1.807, 2.05) is 37.3 Å². The summed E-state index contributed by atoms with van der Waals surface area (Å²) in [7, 11) is 0. The first-order chi connectivity index (χ1) is 10.7. The molecule has 3 rings (SSSR count). The van der Waals surface area contributed by atoms with Gasteiger partial charge in [-0.05, 0) is 30.7 Å². The molecular formula is C17H18N2O3. The number of fused-ring (bicyclic) bond motifs is 1. The topological polar surface area (TPSA) is 60.5 Å². The summed E-state index contributed by atoms with van der Waals surface area (Å²) in [6.45, 7) is 2.35. The number of hydrogen-bond donors (Lipinski definition) is 1. The number of rotatable bonds is 5. The Bertz CT molecular complexity index is 630. The lowest BCUT2D eigenvalue weighted by Crippen LogP contribution is -2.37. The van der Waals surface area contributed by atoms with E-state index in [1.165, 1.54) is 5.56 Å². The molecule has 0 bridgehead atoms. The van der Waals surface area contributed by atoms with Gasteiger partial charge in [-0.3, -0.25) is 9.78 Å². The molecule has 22 heavy (non-hydrogen) atoms. The SMILES string of the molecule is Cc1ccc(OCC(=O)NC[C@H]2Cc3ccccc3O2)cn1. The average Bonchev–Trinajstić information content (AvgIpc) is 2.95. The zero-order valence-corrected chi connectivity index (χ0v) is 12.4. The molecule has 5 nitrogen and oxygen atoms in total. The molecule has 0 fully saturated rings. The molecule has 0 unspecified atom stereocenters. The number of nitrogens with one attached hydrogen (secondary N) is 1. The Morgan fingerprint density at radius 1 is 1.36 bits per heavy atom. The third kappa shape index (κ3) is 3.55. The van der Waals surface area contributed by atoms with Crippen LogP contribution in [-0.4, -0.2) is 30.1 Å². The van der Waals surface area contributed by atoms with Gasteiger partial charge in [0.2, 0.25) is 0 Å². The van der Waals surface area contributed by atoms with Gasteiger partial charge in [0.15, 0.2) is 6.61 Å². The molecule has 1 aliphatic rings. The summed E-state index contributed by atoms with van der Waals surface area (Å²) in [4.78, 5) is 15.9. The second kappa shape index (κ2) is 6.47. The fraction of sp³-hybridized carbons (Fsp3) is 0.294. The first-order valence-electron chi connectivity index (χ1n) is 7.27. The van der Waals surface area contributed by atoms with E-state index in [2.05, 4.69) is 10.3 Å². The second-order valence-corrected chi connectivity index (χ2v) is 5.28. The van der Waals surface area contributed by atoms with Gasteiger partial charge in [0, 0.05) is 12.1 Å². The minimum absolute atomic E-state index is 0.0117. The minimum atomic E-state index is -0.167. The summed E-state index contributed by atoms with van der Waals surface area (Å²) in [5.41, 5.74) is 2.10. The van der Waals surface area contributed by atoms with Crippen molar-refractivity contribution in [2.45, 2.75) is 19.4 Å². The fourth-order valence-electron chi connectivity index (χ4n) is 2.33. The van der Waals surface area contributed by atoms with Gasteiger partial charge < -0.3 is 14.8 Å². The molecule has 0 saturated heterocycles. The zero-order chi connectivity index (χ0) is 15.4. The molecule has 1 amide bonds. The summed E-state index contributed by atoms with van der Waals surface area (Å²) < 4.78 is 11.2. The van der Waals surface area contributed by atoms with Gasteiger partial charge in [-0.15, -0.1) is 0 Å². The van der Waals surface area contributed by atoms with Crippen molar-refractivity contribution in [3.8, 4) is 11.5 Å². The highest BCUT2D eigenvalue weighted by molar-refractivity contribution is 5.77. The normalized spacial score (nSPS) is 15.8. The van der Waals surface area contributed by atoms with Crippen molar-refractivity contribution >= 4 is 5.91 Å². The lowest BCUT2D eigenvalue weighted by atomic mass is 10.1. The molecule has 5 heteroatoms. The molecule has 0 radical (unpaired) electrons. The summed E-state index contributed by atoms with van der Waals surface area (Å²) in [5, 5.41) is 2.83. The molecule has 0 aliphatic carbocycles. The van der Waals surface area contributed by atoms with Crippen LogP contribution >= 0.6 is 0 Å². The van der Waals surface area contributed by atoms with E-state index >= 15 is 0 Å². The van der Waals surface area contributed by atoms with Crippen molar-refractivity contribution in [2.24, 2.45) is 0 Å². The molecule has 1 atom stereocenters. The van der Waals surface area contributed by atoms with E-state index in [-0.39, 0.29) is 18.6 Å². The highest BCUT2D eigenvalue weighted by atomic mass is 16.5. The van der Waals surface area contributed by atoms with Gasteiger partial charge in [-0.1, -0.05) is 18.2 Å². The lowest BCUT2D eigenvalue weighted by Gasteiger charge is -2.12. The number of benzene rings is 1. The van der Waals surface area contributed by atoms with E-state index in [9.17, 15) is 4.79 Å². The molecule has 114 valence electrons. The van der Waals surface area contributed by atoms with Crippen LogP contribution in [0.1, 0.15) is 11.3 Å². The predicted octanol–water partition coefficient (Wildman–Crippen LogP) is 1.89. The summed E-state index contributed by atoms with van der Waals surface area (Å²) in [6.07, 6.45) is 2.42. The standard InChI is InChI=1S/C17H18N2O3/c1-12-6-7-14(9-18-12)21-11-17(20)19-10-15-8-13-4-2-3-5-16(13)22-15/h2-7,9,15H,8,10-11H2,1H3,(H,19,20)/t15-/m1/s1. The third-order valence-corrected chi connectivity index (χ3v) is 3.49. The van der Waals surface area contributed by atoms with Crippen LogP contribution in [-0.2, 0) is 11.2 Å². The zero-order valence-electron chi connectivity index (χ0n) is 12.4. The van der Waals surface area contributed by atoms with E-state index in [4.69, 9.17) is 9.47 Å². The van der Waals surface area contributed by atoms with E-state index in [1.54, 1.807) is 12.3 Å². The molecule has 2 heterocycles. The van der Waals surface area contributed by atoms with Crippen molar-refractivity contribution in [2.75, 3.05) is 13.2 Å². The van der Waals surface area contributed by atoms with Gasteiger partial charge in [0.1, 0.15) is 17.6 Å². The summed E-state index contributed by atoms with van der Waals surface area (Å²) in [5.74, 6) is 1.33. The van der Waals surface area contributed by atoms with E-state index in [0.29, 0.717) is 12.3 Å². The first-order valence-corrected chi connectivity index (χ1v) is 7.27.